The van der Waals surface area contributed by atoms with E-state index in [1.165, 1.54) is 16.7 Å². The molecule has 2 aromatic carbocycles. The van der Waals surface area contributed by atoms with Crippen LogP contribution in [0.3, 0.4) is 0 Å². The van der Waals surface area contributed by atoms with Crippen molar-refractivity contribution in [3.63, 3.8) is 0 Å². The Kier molecular flexibility index (Phi) is 7.76. The van der Waals surface area contributed by atoms with E-state index in [0.29, 0.717) is 0 Å². The lowest BCUT2D eigenvalue weighted by molar-refractivity contribution is 0.233. The van der Waals surface area contributed by atoms with Crippen LogP contribution in [0.25, 0.3) is 11.1 Å². The molecular formula is C17H22Cl2N2. The monoisotopic (exact) mass is 324 g/mol. The summed E-state index contributed by atoms with van der Waals surface area (Å²) in [6.45, 7) is 5.57. The van der Waals surface area contributed by atoms with Gasteiger partial charge in [0.15, 0.2) is 0 Å². The van der Waals surface area contributed by atoms with Crippen LogP contribution in [0.5, 0.6) is 0 Å². The molecule has 0 amide bonds. The Balaban J connectivity index is 0.00000110. The van der Waals surface area contributed by atoms with E-state index >= 15 is 0 Å². The molecular weight excluding hydrogens is 303 g/mol. The highest BCUT2D eigenvalue weighted by Crippen LogP contribution is 2.20. The second-order valence-corrected chi connectivity index (χ2v) is 5.09. The molecule has 0 bridgehead atoms. The number of hydrogen-bond donors (Lipinski definition) is 1. The van der Waals surface area contributed by atoms with Gasteiger partial charge in [0.1, 0.15) is 0 Å². The molecule has 0 radical (unpaired) electrons. The van der Waals surface area contributed by atoms with E-state index in [9.17, 15) is 0 Å². The van der Waals surface area contributed by atoms with Crippen molar-refractivity contribution in [1.82, 2.24) is 10.2 Å². The van der Waals surface area contributed by atoms with Crippen molar-refractivity contribution in [2.45, 2.75) is 6.54 Å². The van der Waals surface area contributed by atoms with Gasteiger partial charge in [-0.15, -0.1) is 24.8 Å². The van der Waals surface area contributed by atoms with Crippen molar-refractivity contribution in [2.24, 2.45) is 0 Å². The van der Waals surface area contributed by atoms with Crippen molar-refractivity contribution in [3.05, 3.63) is 60.2 Å². The molecule has 3 rings (SSSR count). The lowest BCUT2D eigenvalue weighted by Gasteiger charge is -2.27. The van der Waals surface area contributed by atoms with Gasteiger partial charge in [0.25, 0.3) is 0 Å². The first-order chi connectivity index (χ1) is 9.42. The van der Waals surface area contributed by atoms with Crippen LogP contribution in [0.2, 0.25) is 0 Å². The Hall–Kier alpha value is -1.06. The van der Waals surface area contributed by atoms with Crippen LogP contribution >= 0.6 is 24.8 Å². The van der Waals surface area contributed by atoms with Crippen molar-refractivity contribution >= 4 is 24.8 Å². The number of nitrogens with zero attached hydrogens (tertiary/aromatic N) is 1. The van der Waals surface area contributed by atoms with Crippen molar-refractivity contribution in [1.29, 1.82) is 0 Å². The molecule has 0 aromatic heterocycles. The lowest BCUT2D eigenvalue weighted by Crippen LogP contribution is -2.42. The van der Waals surface area contributed by atoms with Crippen LogP contribution in [0.1, 0.15) is 5.56 Å². The van der Waals surface area contributed by atoms with E-state index < -0.39 is 0 Å². The molecule has 0 atom stereocenters. The second-order valence-electron chi connectivity index (χ2n) is 5.09. The van der Waals surface area contributed by atoms with Gasteiger partial charge in [-0.1, -0.05) is 48.5 Å². The fraction of sp³-hybridized carbons (Fsp3) is 0.294. The van der Waals surface area contributed by atoms with E-state index in [0.717, 1.165) is 32.7 Å². The summed E-state index contributed by atoms with van der Waals surface area (Å²) >= 11 is 0. The number of nitrogens with one attached hydrogen (secondary N) is 1. The Morgan fingerprint density at radius 3 is 2.19 bits per heavy atom. The van der Waals surface area contributed by atoms with Crippen molar-refractivity contribution in [2.75, 3.05) is 26.2 Å². The molecule has 2 aromatic rings. The number of halogens is 2. The molecule has 4 heteroatoms. The van der Waals surface area contributed by atoms with Gasteiger partial charge >= 0.3 is 0 Å². The lowest BCUT2D eigenvalue weighted by atomic mass is 10.0. The minimum Gasteiger partial charge on any atom is -0.314 e. The highest BCUT2D eigenvalue weighted by Gasteiger charge is 2.10. The summed E-state index contributed by atoms with van der Waals surface area (Å²) in [5, 5.41) is 3.40. The molecule has 0 saturated carbocycles. The highest BCUT2D eigenvalue weighted by molar-refractivity contribution is 5.85. The summed E-state index contributed by atoms with van der Waals surface area (Å²) in [5.41, 5.74) is 4.01. The molecule has 1 saturated heterocycles. The summed E-state index contributed by atoms with van der Waals surface area (Å²) in [4.78, 5) is 2.51. The van der Waals surface area contributed by atoms with Crippen molar-refractivity contribution in [3.8, 4) is 11.1 Å². The van der Waals surface area contributed by atoms with Gasteiger partial charge in [-0.3, -0.25) is 4.90 Å². The number of piperazine rings is 1. The van der Waals surface area contributed by atoms with Gasteiger partial charge in [-0.2, -0.15) is 0 Å². The molecule has 1 aliphatic heterocycles. The summed E-state index contributed by atoms with van der Waals surface area (Å²) < 4.78 is 0. The summed E-state index contributed by atoms with van der Waals surface area (Å²) in [6, 6.07) is 19.5. The van der Waals surface area contributed by atoms with Gasteiger partial charge in [0.05, 0.1) is 0 Å². The first-order valence-electron chi connectivity index (χ1n) is 6.99. The first-order valence-corrected chi connectivity index (χ1v) is 6.99. The van der Waals surface area contributed by atoms with Gasteiger partial charge in [0, 0.05) is 32.7 Å². The van der Waals surface area contributed by atoms with Crippen molar-refractivity contribution < 1.29 is 0 Å². The number of rotatable bonds is 3. The highest BCUT2D eigenvalue weighted by atomic mass is 35.5. The van der Waals surface area contributed by atoms with E-state index in [1.54, 1.807) is 0 Å². The predicted octanol–water partition coefficient (Wildman–Crippen LogP) is 3.60. The normalized spacial score (nSPS) is 14.9. The van der Waals surface area contributed by atoms with Gasteiger partial charge < -0.3 is 5.32 Å². The summed E-state index contributed by atoms with van der Waals surface area (Å²) in [6.07, 6.45) is 0. The third-order valence-electron chi connectivity index (χ3n) is 3.65. The Labute approximate surface area is 139 Å². The van der Waals surface area contributed by atoms with E-state index in [1.807, 2.05) is 0 Å². The maximum atomic E-state index is 3.40. The molecule has 114 valence electrons. The van der Waals surface area contributed by atoms with Crippen LogP contribution < -0.4 is 5.32 Å². The summed E-state index contributed by atoms with van der Waals surface area (Å²) in [7, 11) is 0. The topological polar surface area (TPSA) is 15.3 Å². The molecule has 0 spiro atoms. The largest absolute Gasteiger partial charge is 0.314 e. The van der Waals surface area contributed by atoms with Crippen LogP contribution in [0.15, 0.2) is 54.6 Å². The fourth-order valence-electron chi connectivity index (χ4n) is 2.61. The second kappa shape index (κ2) is 9.06. The first kappa shape index (κ1) is 18.0. The molecule has 1 aliphatic rings. The minimum atomic E-state index is 0. The molecule has 1 heterocycles. The standard InChI is InChI=1S/C17H20N2.2ClH/c1-2-6-16(7-3-1)17-8-4-5-15(13-17)14-19-11-9-18-10-12-19;;/h1-8,13,18H,9-12,14H2;2*1H. The summed E-state index contributed by atoms with van der Waals surface area (Å²) in [5.74, 6) is 0. The third-order valence-corrected chi connectivity index (χ3v) is 3.65. The van der Waals surface area contributed by atoms with E-state index in [-0.39, 0.29) is 24.8 Å². The van der Waals surface area contributed by atoms with Crippen LogP contribution in [-0.4, -0.2) is 31.1 Å². The molecule has 2 nitrogen and oxygen atoms in total. The van der Waals surface area contributed by atoms with Gasteiger partial charge in [-0.25, -0.2) is 0 Å². The maximum absolute atomic E-state index is 3.40. The molecule has 0 unspecified atom stereocenters. The Morgan fingerprint density at radius 1 is 0.810 bits per heavy atom. The molecule has 1 N–H and O–H groups in total. The zero-order valence-corrected chi connectivity index (χ0v) is 13.6. The van der Waals surface area contributed by atoms with Crippen LogP contribution in [0, 0.1) is 0 Å². The quantitative estimate of drug-likeness (QED) is 0.927. The van der Waals surface area contributed by atoms with Gasteiger partial charge in [0.2, 0.25) is 0 Å². The Morgan fingerprint density at radius 2 is 1.48 bits per heavy atom. The molecule has 21 heavy (non-hydrogen) atoms. The Bertz CT molecular complexity index is 525. The average molecular weight is 325 g/mol. The smallest absolute Gasteiger partial charge is 0.0235 e. The van der Waals surface area contributed by atoms with E-state index in [4.69, 9.17) is 0 Å². The third kappa shape index (κ3) is 5.01. The molecule has 1 fully saturated rings. The average Bonchev–Trinajstić information content (AvgIpc) is 2.49. The maximum Gasteiger partial charge on any atom is 0.0235 e. The number of hydrogen-bond acceptors (Lipinski definition) is 2. The number of benzene rings is 2. The minimum absolute atomic E-state index is 0. The zero-order chi connectivity index (χ0) is 12.9. The van der Waals surface area contributed by atoms with E-state index in [2.05, 4.69) is 64.8 Å². The molecule has 0 aliphatic carbocycles. The van der Waals surface area contributed by atoms with Crippen LogP contribution in [0.4, 0.5) is 0 Å². The predicted molar refractivity (Wildman–Crippen MR) is 94.5 cm³/mol. The van der Waals surface area contributed by atoms with Crippen LogP contribution in [-0.2, 0) is 6.54 Å². The zero-order valence-electron chi connectivity index (χ0n) is 12.0. The van der Waals surface area contributed by atoms with Gasteiger partial charge in [-0.05, 0) is 22.8 Å². The SMILES string of the molecule is Cl.Cl.c1ccc(-c2cccc(CN3CCNCC3)c2)cc1. The fourth-order valence-corrected chi connectivity index (χ4v) is 2.61.